The van der Waals surface area contributed by atoms with Crippen molar-refractivity contribution in [3.63, 3.8) is 0 Å². The number of halogens is 1. The molecule has 1 aliphatic heterocycles. The van der Waals surface area contributed by atoms with E-state index in [0.29, 0.717) is 43.1 Å². The molecule has 0 bridgehead atoms. The summed E-state index contributed by atoms with van der Waals surface area (Å²) in [6.45, 7) is 2.29. The molecule has 3 rings (SSSR count). The van der Waals surface area contributed by atoms with Gasteiger partial charge in [0.1, 0.15) is 11.6 Å². The first-order chi connectivity index (χ1) is 13.0. The zero-order chi connectivity index (χ0) is 19.4. The van der Waals surface area contributed by atoms with Gasteiger partial charge in [0.2, 0.25) is 0 Å². The van der Waals surface area contributed by atoms with Gasteiger partial charge in [-0.3, -0.25) is 9.59 Å². The molecule has 0 atom stereocenters. The van der Waals surface area contributed by atoms with Crippen molar-refractivity contribution >= 4 is 17.5 Å². The van der Waals surface area contributed by atoms with Crippen LogP contribution in [0.15, 0.2) is 42.5 Å². The van der Waals surface area contributed by atoms with E-state index in [1.54, 1.807) is 42.3 Å². The third kappa shape index (κ3) is 4.02. The number of rotatable bonds is 4. The fourth-order valence-electron chi connectivity index (χ4n) is 3.18. The van der Waals surface area contributed by atoms with Crippen molar-refractivity contribution in [3.8, 4) is 5.75 Å². The second-order valence-electron chi connectivity index (χ2n) is 6.26. The molecule has 0 saturated carbocycles. The molecule has 0 aromatic heterocycles. The summed E-state index contributed by atoms with van der Waals surface area (Å²) in [4.78, 5) is 28.4. The van der Waals surface area contributed by atoms with E-state index in [9.17, 15) is 14.0 Å². The maximum absolute atomic E-state index is 13.4. The number of carbonyl (C=O) groups excluding carboxylic acids is 2. The molecule has 2 aromatic carbocycles. The predicted molar refractivity (Wildman–Crippen MR) is 101 cm³/mol. The van der Waals surface area contributed by atoms with Crippen LogP contribution in [0.5, 0.6) is 5.75 Å². The number of anilines is 1. The summed E-state index contributed by atoms with van der Waals surface area (Å²) in [5.41, 5.74) is 1.76. The molecule has 1 heterocycles. The summed E-state index contributed by atoms with van der Waals surface area (Å²) in [6.07, 6.45) is 0. The molecule has 6 nitrogen and oxygen atoms in total. The Morgan fingerprint density at radius 1 is 1.04 bits per heavy atom. The maximum atomic E-state index is 13.4. The van der Waals surface area contributed by atoms with Crippen molar-refractivity contribution in [2.24, 2.45) is 0 Å². The molecule has 0 unspecified atom stereocenters. The number of amides is 2. The molecular formula is C20H22FN3O3. The van der Waals surface area contributed by atoms with Crippen molar-refractivity contribution < 1.29 is 18.7 Å². The average Bonchev–Trinajstić information content (AvgIpc) is 2.72. The standard InChI is InChI=1S/C20H22FN3O3/c1-22-19(25)14-4-3-5-15(12-14)20(26)24-10-8-23(9-11-24)17-7-6-16(21)13-18(17)27-2/h3-7,12-13H,8-11H2,1-2H3,(H,22,25). The van der Waals surface area contributed by atoms with Gasteiger partial charge in [-0.15, -0.1) is 0 Å². The van der Waals surface area contributed by atoms with Crippen LogP contribution in [0.3, 0.4) is 0 Å². The van der Waals surface area contributed by atoms with Crippen LogP contribution in [0, 0.1) is 5.82 Å². The first-order valence-electron chi connectivity index (χ1n) is 8.73. The number of hydrogen-bond donors (Lipinski definition) is 1. The molecular weight excluding hydrogens is 349 g/mol. The number of nitrogens with one attached hydrogen (secondary N) is 1. The van der Waals surface area contributed by atoms with Gasteiger partial charge in [0.05, 0.1) is 12.8 Å². The Kier molecular flexibility index (Phi) is 5.59. The summed E-state index contributed by atoms with van der Waals surface area (Å²) in [5.74, 6) is -0.196. The number of ether oxygens (including phenoxy) is 1. The van der Waals surface area contributed by atoms with E-state index in [2.05, 4.69) is 10.2 Å². The number of nitrogens with zero attached hydrogens (tertiary/aromatic N) is 2. The van der Waals surface area contributed by atoms with E-state index in [1.807, 2.05) is 0 Å². The van der Waals surface area contributed by atoms with E-state index >= 15 is 0 Å². The molecule has 1 fully saturated rings. The summed E-state index contributed by atoms with van der Waals surface area (Å²) in [7, 11) is 3.07. The number of piperazine rings is 1. The lowest BCUT2D eigenvalue weighted by atomic mass is 10.1. The van der Waals surface area contributed by atoms with Gasteiger partial charge in [0, 0.05) is 50.4 Å². The normalized spacial score (nSPS) is 14.0. The topological polar surface area (TPSA) is 61.9 Å². The van der Waals surface area contributed by atoms with Crippen molar-refractivity contribution in [1.29, 1.82) is 0 Å². The minimum atomic E-state index is -0.347. The Bertz CT molecular complexity index is 848. The van der Waals surface area contributed by atoms with Gasteiger partial charge in [-0.1, -0.05) is 6.07 Å². The SMILES string of the molecule is CNC(=O)c1cccc(C(=O)N2CCN(c3ccc(F)cc3OC)CC2)c1. The van der Waals surface area contributed by atoms with Crippen LogP contribution in [0.1, 0.15) is 20.7 Å². The molecule has 27 heavy (non-hydrogen) atoms. The molecule has 2 amide bonds. The molecule has 0 aliphatic carbocycles. The Morgan fingerprint density at radius 3 is 2.41 bits per heavy atom. The Morgan fingerprint density at radius 2 is 1.74 bits per heavy atom. The molecule has 1 aliphatic rings. The average molecular weight is 371 g/mol. The zero-order valence-electron chi connectivity index (χ0n) is 15.4. The van der Waals surface area contributed by atoms with Crippen molar-refractivity contribution in [3.05, 3.63) is 59.4 Å². The quantitative estimate of drug-likeness (QED) is 0.895. The summed E-state index contributed by atoms with van der Waals surface area (Å²) in [5, 5.41) is 2.56. The Balaban J connectivity index is 1.69. The van der Waals surface area contributed by atoms with Gasteiger partial charge in [-0.25, -0.2) is 4.39 Å². The van der Waals surface area contributed by atoms with E-state index in [4.69, 9.17) is 4.74 Å². The van der Waals surface area contributed by atoms with Crippen LogP contribution in [-0.4, -0.2) is 57.1 Å². The first-order valence-corrected chi connectivity index (χ1v) is 8.73. The van der Waals surface area contributed by atoms with E-state index in [1.165, 1.54) is 19.2 Å². The second-order valence-corrected chi connectivity index (χ2v) is 6.26. The van der Waals surface area contributed by atoms with E-state index < -0.39 is 0 Å². The fraction of sp³-hybridized carbons (Fsp3) is 0.300. The van der Waals surface area contributed by atoms with Crippen LogP contribution >= 0.6 is 0 Å². The van der Waals surface area contributed by atoms with E-state index in [-0.39, 0.29) is 17.6 Å². The minimum Gasteiger partial charge on any atom is -0.494 e. The highest BCUT2D eigenvalue weighted by molar-refractivity contribution is 5.99. The largest absolute Gasteiger partial charge is 0.494 e. The number of carbonyl (C=O) groups is 2. The van der Waals surface area contributed by atoms with Gasteiger partial charge < -0.3 is 19.9 Å². The Hall–Kier alpha value is -3.09. The van der Waals surface area contributed by atoms with Crippen LogP contribution in [0.2, 0.25) is 0 Å². The van der Waals surface area contributed by atoms with E-state index in [0.717, 1.165) is 5.69 Å². The van der Waals surface area contributed by atoms with Crippen LogP contribution in [0.25, 0.3) is 0 Å². The number of hydrogen-bond acceptors (Lipinski definition) is 4. The molecule has 1 N–H and O–H groups in total. The van der Waals surface area contributed by atoms with Crippen molar-refractivity contribution in [1.82, 2.24) is 10.2 Å². The molecule has 142 valence electrons. The maximum Gasteiger partial charge on any atom is 0.253 e. The second kappa shape index (κ2) is 8.07. The van der Waals surface area contributed by atoms with Gasteiger partial charge in [0.15, 0.2) is 0 Å². The summed E-state index contributed by atoms with van der Waals surface area (Å²) < 4.78 is 18.7. The molecule has 0 radical (unpaired) electrons. The smallest absolute Gasteiger partial charge is 0.253 e. The lowest BCUT2D eigenvalue weighted by molar-refractivity contribution is 0.0746. The molecule has 7 heteroatoms. The van der Waals surface area contributed by atoms with Gasteiger partial charge in [-0.05, 0) is 30.3 Å². The first kappa shape index (κ1) is 18.7. The summed E-state index contributed by atoms with van der Waals surface area (Å²) >= 11 is 0. The fourth-order valence-corrected chi connectivity index (χ4v) is 3.18. The van der Waals surface area contributed by atoms with Gasteiger partial charge in [-0.2, -0.15) is 0 Å². The third-order valence-corrected chi connectivity index (χ3v) is 4.65. The van der Waals surface area contributed by atoms with Gasteiger partial charge >= 0.3 is 0 Å². The van der Waals surface area contributed by atoms with Crippen molar-refractivity contribution in [2.45, 2.75) is 0 Å². The minimum absolute atomic E-state index is 0.105. The number of methoxy groups -OCH3 is 1. The highest BCUT2D eigenvalue weighted by Gasteiger charge is 2.24. The molecule has 0 spiro atoms. The van der Waals surface area contributed by atoms with Crippen LogP contribution in [0.4, 0.5) is 10.1 Å². The van der Waals surface area contributed by atoms with Gasteiger partial charge in [0.25, 0.3) is 11.8 Å². The van der Waals surface area contributed by atoms with Crippen molar-refractivity contribution in [2.75, 3.05) is 45.2 Å². The highest BCUT2D eigenvalue weighted by Crippen LogP contribution is 2.29. The lowest BCUT2D eigenvalue weighted by Crippen LogP contribution is -2.48. The predicted octanol–water partition coefficient (Wildman–Crippen LogP) is 2.16. The summed E-state index contributed by atoms with van der Waals surface area (Å²) in [6, 6.07) is 11.2. The zero-order valence-corrected chi connectivity index (χ0v) is 15.4. The Labute approximate surface area is 157 Å². The highest BCUT2D eigenvalue weighted by atomic mass is 19.1. The molecule has 2 aromatic rings. The monoisotopic (exact) mass is 371 g/mol. The lowest BCUT2D eigenvalue weighted by Gasteiger charge is -2.36. The van der Waals surface area contributed by atoms with Crippen LogP contribution < -0.4 is 15.0 Å². The number of benzene rings is 2. The third-order valence-electron chi connectivity index (χ3n) is 4.65. The van der Waals surface area contributed by atoms with Crippen LogP contribution in [-0.2, 0) is 0 Å². The molecule has 1 saturated heterocycles.